The largest absolute Gasteiger partial charge is 1.00 e. The Labute approximate surface area is 137 Å². The smallest absolute Gasteiger partial charge is 0.391 e. The third-order valence-corrected chi connectivity index (χ3v) is 4.51. The van der Waals surface area contributed by atoms with Crippen molar-refractivity contribution in [2.45, 2.75) is 45.7 Å². The van der Waals surface area contributed by atoms with E-state index in [0.29, 0.717) is 12.4 Å². The zero-order chi connectivity index (χ0) is 14.6. The lowest BCUT2D eigenvalue weighted by atomic mass is 9.84. The van der Waals surface area contributed by atoms with Crippen LogP contribution in [0.3, 0.4) is 0 Å². The van der Waals surface area contributed by atoms with Gasteiger partial charge in [-0.1, -0.05) is 9.97 Å². The van der Waals surface area contributed by atoms with Gasteiger partial charge in [0.1, 0.15) is 0 Å². The minimum Gasteiger partial charge on any atom is -1.00 e. The Balaban J connectivity index is 0.00000200. The molecule has 0 aromatic carbocycles. The maximum absolute atomic E-state index is 12.6. The molecule has 2 aliphatic heterocycles. The fourth-order valence-corrected chi connectivity index (χ4v) is 2.36. The van der Waals surface area contributed by atoms with Crippen LogP contribution in [-0.4, -0.2) is 44.3 Å². The van der Waals surface area contributed by atoms with Gasteiger partial charge in [-0.3, -0.25) is 0 Å². The highest BCUT2D eigenvalue weighted by Crippen LogP contribution is 2.43. The molecule has 0 aromatic rings. The zero-order valence-electron chi connectivity index (χ0n) is 12.8. The molecule has 1 radical (unpaired) electrons. The molecule has 0 spiro atoms. The molecule has 0 atom stereocenters. The third kappa shape index (κ3) is 2.02. The Morgan fingerprint density at radius 3 is 2.15 bits per heavy atom. The molecular weight excluding hydrogens is 371 g/mol. The Kier molecular flexibility index (Phi) is 4.46. The molecule has 1 fully saturated rings. The molecule has 0 aromatic heterocycles. The molecule has 2 heterocycles. The minimum absolute atomic E-state index is 0. The first-order chi connectivity index (χ1) is 8.66. The summed E-state index contributed by atoms with van der Waals surface area (Å²) in [5, 5.41) is 13.4. The number of rotatable bonds is 1. The van der Waals surface area contributed by atoms with Crippen LogP contribution in [0, 0.1) is 4.91 Å². The number of nitroso groups, excluding NO2 is 1. The van der Waals surface area contributed by atoms with Crippen LogP contribution in [-0.2, 0) is 5.21 Å². The molecule has 0 bridgehead atoms. The maximum atomic E-state index is 12.6. The second-order valence-electron chi connectivity index (χ2n) is 6.05. The summed E-state index contributed by atoms with van der Waals surface area (Å²) in [6.07, 6.45) is 3.73. The first-order valence-corrected chi connectivity index (χ1v) is 6.53. The summed E-state index contributed by atoms with van der Waals surface area (Å²) in [6.45, 7) is 9.91. The lowest BCUT2D eigenvalue weighted by Gasteiger charge is -2.25. The van der Waals surface area contributed by atoms with Crippen LogP contribution in [0.4, 0.5) is 0 Å². The van der Waals surface area contributed by atoms with Gasteiger partial charge in [-0.05, 0) is 39.4 Å². The van der Waals surface area contributed by atoms with E-state index in [4.69, 9.17) is 0 Å². The highest BCUT2D eigenvalue weighted by molar-refractivity contribution is 5.20. The van der Waals surface area contributed by atoms with Gasteiger partial charge in [0.25, 0.3) is 0 Å². The highest BCUT2D eigenvalue weighted by atomic mass is 127. The topological polar surface area (TPSA) is 49.7 Å². The Bertz CT molecular complexity index is 485. The number of hydroxylamine groups is 2. The molecule has 7 heteroatoms. The number of halogens is 1. The second-order valence-corrected chi connectivity index (χ2v) is 6.05. The van der Waals surface area contributed by atoms with E-state index in [1.807, 2.05) is 36.2 Å². The van der Waals surface area contributed by atoms with Crippen molar-refractivity contribution in [2.75, 3.05) is 13.6 Å². The van der Waals surface area contributed by atoms with Crippen LogP contribution in [0.15, 0.2) is 24.0 Å². The minimum atomic E-state index is -0.778. The molecule has 0 saturated carbocycles. The Morgan fingerprint density at radius 1 is 1.20 bits per heavy atom. The monoisotopic (exact) mass is 393 g/mol. The van der Waals surface area contributed by atoms with Crippen molar-refractivity contribution < 1.29 is 33.9 Å². The van der Waals surface area contributed by atoms with Crippen molar-refractivity contribution in [3.05, 3.63) is 28.9 Å². The number of hydrogen-bond acceptors (Lipinski definition) is 4. The molecule has 0 unspecified atom stereocenters. The van der Waals surface area contributed by atoms with E-state index < -0.39 is 11.1 Å². The summed E-state index contributed by atoms with van der Waals surface area (Å²) >= 11 is 0. The fourth-order valence-electron chi connectivity index (χ4n) is 2.36. The molecule has 6 nitrogen and oxygen atoms in total. The van der Waals surface area contributed by atoms with Gasteiger partial charge in [0.15, 0.2) is 11.1 Å². The first-order valence-electron chi connectivity index (χ1n) is 6.53. The van der Waals surface area contributed by atoms with E-state index in [1.54, 1.807) is 27.7 Å². The average molecular weight is 393 g/mol. The summed E-state index contributed by atoms with van der Waals surface area (Å²) in [5.41, 5.74) is -1.56. The standard InChI is InChI=1S/C13H22N4O2.HI/c1-7-15-9-8-14(6)10(15)11-16(18)12(2,3)13(4,5)17(11)19;/h8-9H,7H2,1-6H3;1H/q+1;/p-1. The zero-order valence-corrected chi connectivity index (χ0v) is 15.0. The van der Waals surface area contributed by atoms with Crippen molar-refractivity contribution in [3.8, 4) is 0 Å². The molecule has 0 N–H and O–H groups in total. The average Bonchev–Trinajstić information content (AvgIpc) is 2.74. The van der Waals surface area contributed by atoms with E-state index in [9.17, 15) is 10.1 Å². The summed E-state index contributed by atoms with van der Waals surface area (Å²) < 4.78 is 0.849. The van der Waals surface area contributed by atoms with Crippen molar-refractivity contribution in [2.24, 2.45) is 0 Å². The van der Waals surface area contributed by atoms with Crippen LogP contribution >= 0.6 is 0 Å². The van der Waals surface area contributed by atoms with Gasteiger partial charge >= 0.3 is 5.82 Å². The normalized spacial score (nSPS) is 27.4. The van der Waals surface area contributed by atoms with E-state index >= 15 is 0 Å². The molecule has 2 aliphatic rings. The molecule has 1 saturated heterocycles. The van der Waals surface area contributed by atoms with E-state index in [-0.39, 0.29) is 29.8 Å². The summed E-state index contributed by atoms with van der Waals surface area (Å²) in [6, 6.07) is 0. The van der Waals surface area contributed by atoms with Gasteiger partial charge in [-0.25, -0.2) is 0 Å². The quantitative estimate of drug-likeness (QED) is 0.417. The summed E-state index contributed by atoms with van der Waals surface area (Å²) in [7, 11) is 1.84. The molecule has 20 heavy (non-hydrogen) atoms. The number of nitrogens with zero attached hydrogens (tertiary/aromatic N) is 4. The van der Waals surface area contributed by atoms with E-state index in [0.717, 1.165) is 9.82 Å². The lowest BCUT2D eigenvalue weighted by molar-refractivity contribution is -0.570. The van der Waals surface area contributed by atoms with Crippen molar-refractivity contribution in [1.82, 2.24) is 14.9 Å². The van der Waals surface area contributed by atoms with E-state index in [1.165, 1.54) is 0 Å². The number of hydrogen-bond donors (Lipinski definition) is 0. The predicted octanol–water partition coefficient (Wildman–Crippen LogP) is -1.15. The molecular formula is C13H22IN4O2. The van der Waals surface area contributed by atoms with Gasteiger partial charge < -0.3 is 33.8 Å². The SMILES string of the molecule is CCN1C=CN(C)/C1=C1/N([O])C(C)(C)C(C)(C)[N+]1=O.[I-]. The van der Waals surface area contributed by atoms with Crippen LogP contribution in [0.25, 0.3) is 0 Å². The van der Waals surface area contributed by atoms with Crippen molar-refractivity contribution in [1.29, 1.82) is 0 Å². The van der Waals surface area contributed by atoms with Crippen LogP contribution in [0.2, 0.25) is 0 Å². The van der Waals surface area contributed by atoms with Crippen LogP contribution in [0.1, 0.15) is 34.6 Å². The second kappa shape index (κ2) is 5.18. The van der Waals surface area contributed by atoms with Crippen LogP contribution < -0.4 is 24.0 Å². The molecule has 0 aliphatic carbocycles. The Hall–Kier alpha value is -0.830. The van der Waals surface area contributed by atoms with Crippen molar-refractivity contribution >= 4 is 0 Å². The fraction of sp³-hybridized carbons (Fsp3) is 0.692. The van der Waals surface area contributed by atoms with E-state index in [2.05, 4.69) is 0 Å². The van der Waals surface area contributed by atoms with Gasteiger partial charge in [0.05, 0.1) is 0 Å². The molecule has 113 valence electrons. The molecule has 0 amide bonds. The van der Waals surface area contributed by atoms with Gasteiger partial charge in [-0.15, -0.1) is 0 Å². The summed E-state index contributed by atoms with van der Waals surface area (Å²) in [5.74, 6) is 0.829. The predicted molar refractivity (Wildman–Crippen MR) is 70.6 cm³/mol. The van der Waals surface area contributed by atoms with Crippen molar-refractivity contribution in [3.63, 3.8) is 0 Å². The Morgan fingerprint density at radius 2 is 1.75 bits per heavy atom. The maximum Gasteiger partial charge on any atom is 0.391 e. The third-order valence-electron chi connectivity index (χ3n) is 4.51. The summed E-state index contributed by atoms with van der Waals surface area (Å²) in [4.78, 5) is 16.3. The van der Waals surface area contributed by atoms with Crippen LogP contribution in [0.5, 0.6) is 0 Å². The highest BCUT2D eigenvalue weighted by Gasteiger charge is 2.67. The lowest BCUT2D eigenvalue weighted by Crippen LogP contribution is -3.00. The van der Waals surface area contributed by atoms with Gasteiger partial charge in [0.2, 0.25) is 5.82 Å². The first kappa shape index (κ1) is 17.2. The van der Waals surface area contributed by atoms with Gasteiger partial charge in [-0.2, -0.15) is 0 Å². The van der Waals surface area contributed by atoms with Gasteiger partial charge in [0, 0.05) is 31.2 Å². The molecule has 2 rings (SSSR count).